The van der Waals surface area contributed by atoms with Gasteiger partial charge >= 0.3 is 0 Å². The second kappa shape index (κ2) is 7.76. The molecule has 0 amide bonds. The van der Waals surface area contributed by atoms with Gasteiger partial charge in [-0.15, -0.1) is 0 Å². The van der Waals surface area contributed by atoms with Crippen LogP contribution in [0.2, 0.25) is 0 Å². The molecule has 0 saturated carbocycles. The van der Waals surface area contributed by atoms with E-state index in [0.29, 0.717) is 17.0 Å². The molecule has 0 saturated heterocycles. The Morgan fingerprint density at radius 3 is 2.44 bits per heavy atom. The minimum absolute atomic E-state index is 0.233. The summed E-state index contributed by atoms with van der Waals surface area (Å²) in [5, 5.41) is 4.04. The molecule has 0 bridgehead atoms. The Kier molecular flexibility index (Phi) is 5.46. The van der Waals surface area contributed by atoms with Crippen molar-refractivity contribution in [3.8, 4) is 11.3 Å². The molecule has 1 heterocycles. The maximum Gasteiger partial charge on any atom is 0.173 e. The van der Waals surface area contributed by atoms with Gasteiger partial charge < -0.3 is 14.1 Å². The number of aromatic nitrogens is 1. The van der Waals surface area contributed by atoms with Crippen molar-refractivity contribution in [2.45, 2.75) is 26.1 Å². The summed E-state index contributed by atoms with van der Waals surface area (Å²) in [5.41, 5.74) is 3.17. The molecule has 1 aromatic heterocycles. The largest absolute Gasteiger partial charge is 0.358 e. The predicted molar refractivity (Wildman–Crippen MR) is 99.1 cm³/mol. The number of aryl methyl sites for hydroxylation is 1. The van der Waals surface area contributed by atoms with Crippen LogP contribution in [0, 0.1) is 6.92 Å². The fourth-order valence-corrected chi connectivity index (χ4v) is 2.98. The van der Waals surface area contributed by atoms with Crippen LogP contribution in [-0.2, 0) is 9.53 Å². The van der Waals surface area contributed by atoms with Gasteiger partial charge in [0.25, 0.3) is 0 Å². The summed E-state index contributed by atoms with van der Waals surface area (Å²) in [6.45, 7) is 3.74. The predicted octanol–water partition coefficient (Wildman–Crippen LogP) is 5.43. The Morgan fingerprint density at radius 2 is 1.80 bits per heavy atom. The summed E-state index contributed by atoms with van der Waals surface area (Å²) < 4.78 is 12.5. The van der Waals surface area contributed by atoms with Crippen LogP contribution < -0.4 is 0 Å². The topological polar surface area (TPSA) is 52.3 Å². The number of carbonyl (C=O) groups is 1. The highest BCUT2D eigenvalue weighted by Gasteiger charge is 2.26. The highest BCUT2D eigenvalue weighted by molar-refractivity contribution is 9.10. The van der Waals surface area contributed by atoms with Gasteiger partial charge in [-0.05, 0) is 31.5 Å². The second-order valence-corrected chi connectivity index (χ2v) is 6.68. The van der Waals surface area contributed by atoms with E-state index in [1.807, 2.05) is 68.4 Å². The molecule has 3 rings (SSSR count). The van der Waals surface area contributed by atoms with E-state index in [2.05, 4.69) is 21.1 Å². The second-order valence-electron chi connectivity index (χ2n) is 5.76. The van der Waals surface area contributed by atoms with Crippen LogP contribution >= 0.6 is 15.9 Å². The fraction of sp³-hybridized carbons (Fsp3) is 0.200. The normalized spacial score (nSPS) is 13.4. The maximum atomic E-state index is 11.8. The number of halogens is 1. The molecule has 0 aliphatic heterocycles. The van der Waals surface area contributed by atoms with Gasteiger partial charge in [-0.3, -0.25) is 0 Å². The summed E-state index contributed by atoms with van der Waals surface area (Å²) in [7, 11) is 0. The van der Waals surface area contributed by atoms with Gasteiger partial charge in [0.05, 0.1) is 17.4 Å². The maximum absolute atomic E-state index is 11.8. The van der Waals surface area contributed by atoms with Crippen LogP contribution in [0.25, 0.3) is 11.3 Å². The molecule has 2 aromatic carbocycles. The quantitative estimate of drug-likeness (QED) is 0.518. The van der Waals surface area contributed by atoms with Crippen molar-refractivity contribution in [3.63, 3.8) is 0 Å². The summed E-state index contributed by atoms with van der Waals surface area (Å²) in [4.78, 5) is 11.8. The minimum Gasteiger partial charge on any atom is -0.358 e. The Bertz CT molecular complexity index is 843. The first kappa shape index (κ1) is 17.6. The zero-order valence-electron chi connectivity index (χ0n) is 14.0. The lowest BCUT2D eigenvalue weighted by Gasteiger charge is -2.19. The molecular formula is C20H18BrNO3. The van der Waals surface area contributed by atoms with E-state index in [-0.39, 0.29) is 6.10 Å². The van der Waals surface area contributed by atoms with E-state index in [9.17, 15) is 4.79 Å². The third-order valence-electron chi connectivity index (χ3n) is 4.04. The first-order valence-corrected chi connectivity index (χ1v) is 8.77. The number of ether oxygens (including phenoxy) is 1. The van der Waals surface area contributed by atoms with Crippen LogP contribution in [0.5, 0.6) is 0 Å². The molecule has 0 aliphatic carbocycles. The summed E-state index contributed by atoms with van der Waals surface area (Å²) >= 11 is 3.42. The van der Waals surface area contributed by atoms with Gasteiger partial charge in [0, 0.05) is 10.0 Å². The van der Waals surface area contributed by atoms with Crippen LogP contribution in [0.3, 0.4) is 0 Å². The zero-order valence-corrected chi connectivity index (χ0v) is 15.6. The molecule has 2 atom stereocenters. The highest BCUT2D eigenvalue weighted by atomic mass is 79.9. The number of benzene rings is 2. The van der Waals surface area contributed by atoms with Crippen LogP contribution in [-0.4, -0.2) is 11.4 Å². The first-order valence-electron chi connectivity index (χ1n) is 7.98. The average molecular weight is 400 g/mol. The Balaban J connectivity index is 1.92. The SMILES string of the molecule is Cc1noc(-c2ccc(Br)cc2)c1C(C=O)O[C@H](C)c1ccccc1. The van der Waals surface area contributed by atoms with Crippen molar-refractivity contribution in [3.05, 3.63) is 75.9 Å². The zero-order chi connectivity index (χ0) is 17.8. The molecule has 25 heavy (non-hydrogen) atoms. The molecule has 0 N–H and O–H groups in total. The van der Waals surface area contributed by atoms with Crippen molar-refractivity contribution < 1.29 is 14.1 Å². The molecule has 0 aliphatic rings. The van der Waals surface area contributed by atoms with Crippen LogP contribution in [0.15, 0.2) is 63.6 Å². The van der Waals surface area contributed by atoms with E-state index in [0.717, 1.165) is 21.9 Å². The van der Waals surface area contributed by atoms with Crippen molar-refractivity contribution in [1.29, 1.82) is 0 Å². The number of aldehydes is 1. The molecule has 0 radical (unpaired) electrons. The number of rotatable bonds is 6. The first-order chi connectivity index (χ1) is 12.1. The highest BCUT2D eigenvalue weighted by Crippen LogP contribution is 2.35. The van der Waals surface area contributed by atoms with Gasteiger partial charge in [-0.2, -0.15) is 0 Å². The molecule has 4 nitrogen and oxygen atoms in total. The monoisotopic (exact) mass is 399 g/mol. The molecule has 5 heteroatoms. The lowest BCUT2D eigenvalue weighted by Crippen LogP contribution is -2.11. The molecular weight excluding hydrogens is 382 g/mol. The molecule has 1 unspecified atom stereocenters. The van der Waals surface area contributed by atoms with Gasteiger partial charge in [0.1, 0.15) is 6.10 Å². The van der Waals surface area contributed by atoms with Crippen LogP contribution in [0.1, 0.15) is 36.0 Å². The van der Waals surface area contributed by atoms with Gasteiger partial charge in [0.15, 0.2) is 12.0 Å². The van der Waals surface area contributed by atoms with Crippen LogP contribution in [0.4, 0.5) is 0 Å². The molecule has 0 fully saturated rings. The lowest BCUT2D eigenvalue weighted by atomic mass is 10.0. The number of hydrogen-bond acceptors (Lipinski definition) is 4. The van der Waals surface area contributed by atoms with Crippen molar-refractivity contribution in [2.24, 2.45) is 0 Å². The van der Waals surface area contributed by atoms with Crippen molar-refractivity contribution in [1.82, 2.24) is 5.16 Å². The van der Waals surface area contributed by atoms with Gasteiger partial charge in [0.2, 0.25) is 0 Å². The van der Waals surface area contributed by atoms with E-state index in [1.54, 1.807) is 0 Å². The lowest BCUT2D eigenvalue weighted by molar-refractivity contribution is -0.122. The average Bonchev–Trinajstić information content (AvgIpc) is 3.02. The third kappa shape index (κ3) is 3.89. The van der Waals surface area contributed by atoms with E-state index >= 15 is 0 Å². The Labute approximate surface area is 154 Å². The summed E-state index contributed by atoms with van der Waals surface area (Å²) in [6.07, 6.45) is -0.190. The van der Waals surface area contributed by atoms with Crippen molar-refractivity contribution >= 4 is 22.2 Å². The summed E-state index contributed by atoms with van der Waals surface area (Å²) in [5.74, 6) is 0.558. The molecule has 128 valence electrons. The van der Waals surface area contributed by atoms with E-state index in [4.69, 9.17) is 9.26 Å². The number of hydrogen-bond donors (Lipinski definition) is 0. The summed E-state index contributed by atoms with van der Waals surface area (Å²) in [6, 6.07) is 17.5. The Morgan fingerprint density at radius 1 is 1.12 bits per heavy atom. The van der Waals surface area contributed by atoms with Gasteiger partial charge in [-0.25, -0.2) is 0 Å². The Hall–Kier alpha value is -2.24. The van der Waals surface area contributed by atoms with E-state index in [1.165, 1.54) is 0 Å². The minimum atomic E-state index is -0.750. The van der Waals surface area contributed by atoms with Crippen molar-refractivity contribution in [2.75, 3.05) is 0 Å². The molecule has 0 spiro atoms. The third-order valence-corrected chi connectivity index (χ3v) is 4.57. The number of nitrogens with zero attached hydrogens (tertiary/aromatic N) is 1. The van der Waals surface area contributed by atoms with E-state index < -0.39 is 6.10 Å². The molecule has 3 aromatic rings. The standard InChI is InChI=1S/C20H18BrNO3/c1-13-19(20(25-22-13)16-8-10-17(21)11-9-16)18(12-23)24-14(2)15-6-4-3-5-7-15/h3-12,14,18H,1-2H3/t14-,18?/m1/s1. The number of carbonyl (C=O) groups excluding carboxylic acids is 1. The fourth-order valence-electron chi connectivity index (χ4n) is 2.71. The smallest absolute Gasteiger partial charge is 0.173 e. The van der Waals surface area contributed by atoms with Gasteiger partial charge in [-0.1, -0.05) is 63.6 Å².